The summed E-state index contributed by atoms with van der Waals surface area (Å²) in [4.78, 5) is 2.25. The lowest BCUT2D eigenvalue weighted by Crippen LogP contribution is -2.15. The standard InChI is InChI=1S/C16H21N/c1-13(11-12-17(2)3)15-10-6-8-14-7-4-5-9-16(14)15/h4-10,13H,11-12H2,1-3H3/t13-/m0/s1. The fraction of sp³-hybridized carbons (Fsp3) is 0.375. The van der Waals surface area contributed by atoms with E-state index in [-0.39, 0.29) is 0 Å². The van der Waals surface area contributed by atoms with Crippen molar-refractivity contribution in [1.29, 1.82) is 0 Å². The van der Waals surface area contributed by atoms with Crippen LogP contribution in [0.3, 0.4) is 0 Å². The smallest absolute Gasteiger partial charge is 0.00191 e. The van der Waals surface area contributed by atoms with Crippen molar-refractivity contribution < 1.29 is 0 Å². The average molecular weight is 227 g/mol. The molecule has 0 radical (unpaired) electrons. The molecule has 0 saturated heterocycles. The normalized spacial score (nSPS) is 13.2. The Kier molecular flexibility index (Phi) is 3.80. The molecule has 0 aliphatic rings. The molecule has 1 nitrogen and oxygen atoms in total. The van der Waals surface area contributed by atoms with Gasteiger partial charge in [-0.1, -0.05) is 49.4 Å². The van der Waals surface area contributed by atoms with E-state index in [1.807, 2.05) is 0 Å². The molecule has 0 spiro atoms. The van der Waals surface area contributed by atoms with Gasteiger partial charge in [0.25, 0.3) is 0 Å². The van der Waals surface area contributed by atoms with E-state index in [0.717, 1.165) is 6.54 Å². The van der Waals surface area contributed by atoms with E-state index in [9.17, 15) is 0 Å². The fourth-order valence-corrected chi connectivity index (χ4v) is 2.29. The molecule has 2 rings (SSSR count). The van der Waals surface area contributed by atoms with Gasteiger partial charge in [-0.2, -0.15) is 0 Å². The van der Waals surface area contributed by atoms with E-state index < -0.39 is 0 Å². The highest BCUT2D eigenvalue weighted by atomic mass is 15.0. The summed E-state index contributed by atoms with van der Waals surface area (Å²) in [5, 5.41) is 2.75. The van der Waals surface area contributed by atoms with Crippen LogP contribution in [0.25, 0.3) is 10.8 Å². The van der Waals surface area contributed by atoms with Crippen molar-refractivity contribution in [1.82, 2.24) is 4.90 Å². The second kappa shape index (κ2) is 5.33. The third-order valence-corrected chi connectivity index (χ3v) is 3.36. The van der Waals surface area contributed by atoms with Crippen LogP contribution in [0.5, 0.6) is 0 Å². The highest BCUT2D eigenvalue weighted by molar-refractivity contribution is 5.86. The fourth-order valence-electron chi connectivity index (χ4n) is 2.29. The molecule has 0 fully saturated rings. The molecular weight excluding hydrogens is 206 g/mol. The molecule has 1 heteroatoms. The van der Waals surface area contributed by atoms with Crippen LogP contribution in [0.2, 0.25) is 0 Å². The molecule has 0 amide bonds. The average Bonchev–Trinajstić information content (AvgIpc) is 2.35. The van der Waals surface area contributed by atoms with Gasteiger partial charge in [-0.15, -0.1) is 0 Å². The monoisotopic (exact) mass is 227 g/mol. The van der Waals surface area contributed by atoms with Crippen molar-refractivity contribution in [3.63, 3.8) is 0 Å². The van der Waals surface area contributed by atoms with Gasteiger partial charge in [-0.3, -0.25) is 0 Å². The predicted octanol–water partition coefficient (Wildman–Crippen LogP) is 3.90. The van der Waals surface area contributed by atoms with E-state index >= 15 is 0 Å². The maximum absolute atomic E-state index is 2.32. The van der Waals surface area contributed by atoms with Crippen LogP contribution in [-0.2, 0) is 0 Å². The zero-order chi connectivity index (χ0) is 12.3. The van der Waals surface area contributed by atoms with Crippen LogP contribution in [0.1, 0.15) is 24.8 Å². The van der Waals surface area contributed by atoms with Gasteiger partial charge in [-0.25, -0.2) is 0 Å². The lowest BCUT2D eigenvalue weighted by molar-refractivity contribution is 0.386. The van der Waals surface area contributed by atoms with Crippen molar-refractivity contribution in [3.05, 3.63) is 48.0 Å². The molecule has 17 heavy (non-hydrogen) atoms. The topological polar surface area (TPSA) is 3.24 Å². The Morgan fingerprint density at radius 3 is 2.47 bits per heavy atom. The van der Waals surface area contributed by atoms with E-state index in [1.54, 1.807) is 0 Å². The summed E-state index contributed by atoms with van der Waals surface area (Å²) in [6.45, 7) is 3.47. The van der Waals surface area contributed by atoms with Crippen LogP contribution >= 0.6 is 0 Å². The number of nitrogens with zero attached hydrogens (tertiary/aromatic N) is 1. The third-order valence-electron chi connectivity index (χ3n) is 3.36. The second-order valence-corrected chi connectivity index (χ2v) is 5.06. The Bertz CT molecular complexity index is 482. The maximum Gasteiger partial charge on any atom is -0.00191 e. The Balaban J connectivity index is 2.28. The maximum atomic E-state index is 2.32. The minimum Gasteiger partial charge on any atom is -0.309 e. The molecule has 0 aliphatic heterocycles. The Morgan fingerprint density at radius 1 is 1.00 bits per heavy atom. The van der Waals surface area contributed by atoms with Crippen molar-refractivity contribution in [2.24, 2.45) is 0 Å². The summed E-state index contributed by atoms with van der Waals surface area (Å²) in [6, 6.07) is 15.3. The van der Waals surface area contributed by atoms with E-state index in [1.165, 1.54) is 22.8 Å². The molecule has 2 aromatic rings. The first kappa shape index (κ1) is 12.1. The van der Waals surface area contributed by atoms with Gasteiger partial charge in [0.1, 0.15) is 0 Å². The minimum atomic E-state index is 0.614. The van der Waals surface area contributed by atoms with Gasteiger partial charge in [0.05, 0.1) is 0 Å². The predicted molar refractivity (Wildman–Crippen MR) is 75.5 cm³/mol. The van der Waals surface area contributed by atoms with E-state index in [4.69, 9.17) is 0 Å². The molecule has 0 saturated carbocycles. The van der Waals surface area contributed by atoms with Crippen LogP contribution in [-0.4, -0.2) is 25.5 Å². The van der Waals surface area contributed by atoms with Gasteiger partial charge in [0.15, 0.2) is 0 Å². The molecule has 0 aliphatic carbocycles. The Labute approximate surface area is 104 Å². The minimum absolute atomic E-state index is 0.614. The molecule has 90 valence electrons. The number of fused-ring (bicyclic) bond motifs is 1. The summed E-state index contributed by atoms with van der Waals surface area (Å²) in [5.41, 5.74) is 1.48. The summed E-state index contributed by atoms with van der Waals surface area (Å²) < 4.78 is 0. The SMILES string of the molecule is C[C@@H](CCN(C)C)c1cccc2ccccc12. The largest absolute Gasteiger partial charge is 0.309 e. The van der Waals surface area contributed by atoms with Crippen LogP contribution in [0.4, 0.5) is 0 Å². The van der Waals surface area contributed by atoms with Crippen LogP contribution in [0.15, 0.2) is 42.5 Å². The molecule has 1 atom stereocenters. The summed E-state index contributed by atoms with van der Waals surface area (Å²) in [5.74, 6) is 0.614. The molecule has 0 heterocycles. The molecule has 0 bridgehead atoms. The number of hydrogen-bond acceptors (Lipinski definition) is 1. The van der Waals surface area contributed by atoms with Crippen LogP contribution in [0, 0.1) is 0 Å². The molecular formula is C16H21N. The van der Waals surface area contributed by atoms with E-state index in [0.29, 0.717) is 5.92 Å². The number of rotatable bonds is 4. The lowest BCUT2D eigenvalue weighted by Gasteiger charge is -2.17. The van der Waals surface area contributed by atoms with Gasteiger partial charge >= 0.3 is 0 Å². The first-order valence-corrected chi connectivity index (χ1v) is 6.31. The van der Waals surface area contributed by atoms with E-state index in [2.05, 4.69) is 68.4 Å². The first-order valence-electron chi connectivity index (χ1n) is 6.31. The molecule has 2 aromatic carbocycles. The third kappa shape index (κ3) is 2.86. The summed E-state index contributed by atoms with van der Waals surface area (Å²) in [6.07, 6.45) is 1.21. The lowest BCUT2D eigenvalue weighted by atomic mass is 9.92. The quantitative estimate of drug-likeness (QED) is 0.766. The van der Waals surface area contributed by atoms with Crippen molar-refractivity contribution in [2.75, 3.05) is 20.6 Å². The highest BCUT2D eigenvalue weighted by Gasteiger charge is 2.09. The van der Waals surface area contributed by atoms with Gasteiger partial charge in [-0.05, 0) is 49.3 Å². The number of benzene rings is 2. The Morgan fingerprint density at radius 2 is 1.71 bits per heavy atom. The number of hydrogen-bond donors (Lipinski definition) is 0. The highest BCUT2D eigenvalue weighted by Crippen LogP contribution is 2.27. The molecule has 0 N–H and O–H groups in total. The van der Waals surface area contributed by atoms with Gasteiger partial charge in [0, 0.05) is 0 Å². The summed E-state index contributed by atoms with van der Waals surface area (Å²) in [7, 11) is 4.27. The first-order chi connectivity index (χ1) is 8.18. The van der Waals surface area contributed by atoms with Gasteiger partial charge in [0.2, 0.25) is 0 Å². The van der Waals surface area contributed by atoms with Crippen LogP contribution < -0.4 is 0 Å². The zero-order valence-corrected chi connectivity index (χ0v) is 11.0. The molecule has 0 aromatic heterocycles. The zero-order valence-electron chi connectivity index (χ0n) is 11.0. The summed E-state index contributed by atoms with van der Waals surface area (Å²) >= 11 is 0. The second-order valence-electron chi connectivity index (χ2n) is 5.06. The Hall–Kier alpha value is -1.34. The van der Waals surface area contributed by atoms with Crippen molar-refractivity contribution in [3.8, 4) is 0 Å². The van der Waals surface area contributed by atoms with Crippen molar-refractivity contribution >= 4 is 10.8 Å². The molecule has 0 unspecified atom stereocenters. The van der Waals surface area contributed by atoms with Crippen molar-refractivity contribution in [2.45, 2.75) is 19.3 Å². The van der Waals surface area contributed by atoms with Gasteiger partial charge < -0.3 is 4.90 Å².